The second-order valence-electron chi connectivity index (χ2n) is 4.70. The summed E-state index contributed by atoms with van der Waals surface area (Å²) in [5.74, 6) is 2.07. The third-order valence-corrected chi connectivity index (χ3v) is 3.03. The number of nitrogens with zero attached hydrogens (tertiary/aromatic N) is 3. The van der Waals surface area contributed by atoms with Crippen LogP contribution in [0.3, 0.4) is 0 Å². The summed E-state index contributed by atoms with van der Waals surface area (Å²) in [7, 11) is 0. The summed E-state index contributed by atoms with van der Waals surface area (Å²) in [4.78, 5) is 15.5. The van der Waals surface area contributed by atoms with Gasteiger partial charge in [0.1, 0.15) is 0 Å². The molecule has 0 radical (unpaired) electrons. The molecule has 0 spiro atoms. The van der Waals surface area contributed by atoms with Crippen LogP contribution in [0.15, 0.2) is 28.6 Å². The van der Waals surface area contributed by atoms with Crippen molar-refractivity contribution in [3.8, 4) is 18.2 Å². The van der Waals surface area contributed by atoms with Gasteiger partial charge in [-0.15, -0.1) is 12.3 Å². The van der Waals surface area contributed by atoms with Gasteiger partial charge in [0.2, 0.25) is 11.8 Å². The highest BCUT2D eigenvalue weighted by Gasteiger charge is 2.39. The average Bonchev–Trinajstić information content (AvgIpc) is 3.25. The molecule has 0 saturated carbocycles. The van der Waals surface area contributed by atoms with E-state index in [1.165, 1.54) is 18.3 Å². The Bertz CT molecular complexity index is 590. The van der Waals surface area contributed by atoms with Crippen LogP contribution in [0, 0.1) is 12.3 Å². The Morgan fingerprint density at radius 3 is 2.73 bits per heavy atom. The number of halogens is 2. The van der Waals surface area contributed by atoms with E-state index in [9.17, 15) is 13.6 Å². The number of carbonyl (C=O) groups excluding carboxylic acids is 1. The third-order valence-electron chi connectivity index (χ3n) is 3.03. The molecular weight excluding hydrogens is 294 g/mol. The first-order valence-corrected chi connectivity index (χ1v) is 6.61. The molecule has 0 atom stereocenters. The fraction of sp³-hybridized carbons (Fsp3) is 0.429. The van der Waals surface area contributed by atoms with Gasteiger partial charge in [0.15, 0.2) is 5.66 Å². The lowest BCUT2D eigenvalue weighted by Gasteiger charge is -2.09. The number of hydrogen-bond donors (Lipinski definition) is 1. The molecule has 1 amide bonds. The quantitative estimate of drug-likeness (QED) is 0.750. The van der Waals surface area contributed by atoms with Crippen molar-refractivity contribution in [1.29, 1.82) is 0 Å². The summed E-state index contributed by atoms with van der Waals surface area (Å²) >= 11 is 0. The van der Waals surface area contributed by atoms with Crippen molar-refractivity contribution in [3.05, 3.63) is 18.3 Å². The molecule has 1 aromatic rings. The van der Waals surface area contributed by atoms with E-state index < -0.39 is 12.3 Å². The van der Waals surface area contributed by atoms with Crippen LogP contribution < -0.4 is 10.1 Å². The highest BCUT2D eigenvalue weighted by Crippen LogP contribution is 2.37. The molecule has 2 rings (SSSR count). The van der Waals surface area contributed by atoms with Gasteiger partial charge in [-0.3, -0.25) is 4.79 Å². The van der Waals surface area contributed by atoms with E-state index in [4.69, 9.17) is 6.42 Å². The van der Waals surface area contributed by atoms with Crippen LogP contribution in [-0.2, 0) is 4.79 Å². The molecule has 2 heterocycles. The molecule has 116 valence electrons. The number of pyridine rings is 1. The number of amides is 1. The lowest BCUT2D eigenvalue weighted by atomic mass is 10.0. The maximum atomic E-state index is 12.0. The number of carbonyl (C=O) groups is 1. The number of aromatic nitrogens is 1. The summed E-state index contributed by atoms with van der Waals surface area (Å²) in [6.07, 6.45) is 8.35. The molecule has 1 aliphatic heterocycles. The Hall–Kier alpha value is -2.56. The topological polar surface area (TPSA) is 75.9 Å². The van der Waals surface area contributed by atoms with E-state index in [0.29, 0.717) is 24.9 Å². The van der Waals surface area contributed by atoms with Crippen molar-refractivity contribution in [3.63, 3.8) is 0 Å². The summed E-state index contributed by atoms with van der Waals surface area (Å²) in [5.41, 5.74) is -0.106. The lowest BCUT2D eigenvalue weighted by molar-refractivity contribution is -0.116. The lowest BCUT2D eigenvalue weighted by Crippen LogP contribution is -2.17. The van der Waals surface area contributed by atoms with Gasteiger partial charge in [-0.1, -0.05) is 0 Å². The molecule has 8 heteroatoms. The third kappa shape index (κ3) is 4.77. The van der Waals surface area contributed by atoms with Crippen LogP contribution in [0.2, 0.25) is 0 Å². The van der Waals surface area contributed by atoms with Crippen LogP contribution in [0.25, 0.3) is 0 Å². The molecule has 0 saturated heterocycles. The smallest absolute Gasteiger partial charge is 0.388 e. The van der Waals surface area contributed by atoms with Gasteiger partial charge >= 0.3 is 6.61 Å². The zero-order valence-corrected chi connectivity index (χ0v) is 11.6. The molecule has 1 aromatic heterocycles. The minimum absolute atomic E-state index is 0.211. The number of nitrogens with one attached hydrogen (secondary N) is 1. The summed E-state index contributed by atoms with van der Waals surface area (Å²) in [6.45, 7) is -2.93. The van der Waals surface area contributed by atoms with Crippen LogP contribution in [-0.4, -0.2) is 23.2 Å². The zero-order chi connectivity index (χ0) is 16.0. The Kier molecular flexibility index (Phi) is 4.99. The van der Waals surface area contributed by atoms with Crippen molar-refractivity contribution >= 4 is 11.6 Å². The summed E-state index contributed by atoms with van der Waals surface area (Å²) < 4.78 is 28.1. The van der Waals surface area contributed by atoms with Gasteiger partial charge in [0, 0.05) is 31.7 Å². The zero-order valence-electron chi connectivity index (χ0n) is 11.6. The van der Waals surface area contributed by atoms with E-state index in [1.54, 1.807) is 0 Å². The number of ether oxygens (including phenoxy) is 1. The van der Waals surface area contributed by atoms with Gasteiger partial charge in [-0.2, -0.15) is 19.0 Å². The summed E-state index contributed by atoms with van der Waals surface area (Å²) in [6, 6.07) is 2.68. The maximum Gasteiger partial charge on any atom is 0.388 e. The van der Waals surface area contributed by atoms with Crippen molar-refractivity contribution in [1.82, 2.24) is 4.98 Å². The van der Waals surface area contributed by atoms with Gasteiger partial charge in [0.25, 0.3) is 0 Å². The monoisotopic (exact) mass is 308 g/mol. The van der Waals surface area contributed by atoms with Gasteiger partial charge < -0.3 is 10.1 Å². The minimum Gasteiger partial charge on any atom is -0.417 e. The molecular formula is C14H14F2N4O2. The largest absolute Gasteiger partial charge is 0.417 e. The van der Waals surface area contributed by atoms with Crippen molar-refractivity contribution in [2.24, 2.45) is 10.2 Å². The second kappa shape index (κ2) is 6.93. The van der Waals surface area contributed by atoms with Crippen LogP contribution in [0.1, 0.15) is 25.7 Å². The normalized spacial score (nSPS) is 14.5. The maximum absolute atomic E-state index is 12.0. The number of terminal acetylenes is 1. The van der Waals surface area contributed by atoms with Crippen molar-refractivity contribution < 1.29 is 18.3 Å². The first kappa shape index (κ1) is 15.8. The predicted octanol–water partition coefficient (Wildman–Crippen LogP) is 2.98. The second-order valence-corrected chi connectivity index (χ2v) is 4.70. The van der Waals surface area contributed by atoms with E-state index in [1.807, 2.05) is 0 Å². The van der Waals surface area contributed by atoms with Gasteiger partial charge in [-0.05, 0) is 6.07 Å². The molecule has 1 aliphatic rings. The van der Waals surface area contributed by atoms with Gasteiger partial charge in [0.05, 0.1) is 11.9 Å². The molecule has 0 unspecified atom stereocenters. The SMILES string of the molecule is C#CCCC1(CCC(=O)Nc2ccc(OC(F)F)nc2)N=N1. The van der Waals surface area contributed by atoms with E-state index >= 15 is 0 Å². The highest BCUT2D eigenvalue weighted by molar-refractivity contribution is 5.90. The average molecular weight is 308 g/mol. The molecule has 22 heavy (non-hydrogen) atoms. The fourth-order valence-corrected chi connectivity index (χ4v) is 1.82. The predicted molar refractivity (Wildman–Crippen MR) is 74.4 cm³/mol. The van der Waals surface area contributed by atoms with Crippen LogP contribution >= 0.6 is 0 Å². The molecule has 6 nitrogen and oxygen atoms in total. The Balaban J connectivity index is 1.76. The molecule has 0 bridgehead atoms. The minimum atomic E-state index is -2.93. The first-order chi connectivity index (χ1) is 10.5. The Labute approximate surface area is 126 Å². The van der Waals surface area contributed by atoms with Crippen molar-refractivity contribution in [2.45, 2.75) is 38.0 Å². The molecule has 0 aromatic carbocycles. The molecule has 1 N–H and O–H groups in total. The standard InChI is InChI=1S/C14H14F2N4O2/c1-2-3-7-14(19-20-14)8-6-11(21)18-10-4-5-12(17-9-10)22-13(15)16/h1,4-5,9,13H,3,6-8H2,(H,18,21). The fourth-order valence-electron chi connectivity index (χ4n) is 1.82. The number of anilines is 1. The van der Waals surface area contributed by atoms with Gasteiger partial charge in [-0.25, -0.2) is 4.98 Å². The van der Waals surface area contributed by atoms with E-state index in [2.05, 4.69) is 31.2 Å². The van der Waals surface area contributed by atoms with E-state index in [0.717, 1.165) is 0 Å². The number of alkyl halides is 2. The number of rotatable bonds is 8. The Morgan fingerprint density at radius 1 is 1.41 bits per heavy atom. The summed E-state index contributed by atoms with van der Waals surface area (Å²) in [5, 5.41) is 10.5. The Morgan fingerprint density at radius 2 is 2.18 bits per heavy atom. The van der Waals surface area contributed by atoms with Crippen LogP contribution in [0.4, 0.5) is 14.5 Å². The first-order valence-electron chi connectivity index (χ1n) is 6.61. The van der Waals surface area contributed by atoms with Crippen LogP contribution in [0.5, 0.6) is 5.88 Å². The molecule has 0 fully saturated rings. The molecule has 0 aliphatic carbocycles. The van der Waals surface area contributed by atoms with Crippen molar-refractivity contribution in [2.75, 3.05) is 5.32 Å². The number of hydrogen-bond acceptors (Lipinski definition) is 5. The highest BCUT2D eigenvalue weighted by atomic mass is 19.3. The van der Waals surface area contributed by atoms with E-state index in [-0.39, 0.29) is 18.2 Å².